The minimum Gasteiger partial charge on any atom is -0.465 e. The molecule has 0 aliphatic heterocycles. The molecule has 1 unspecified atom stereocenters. The van der Waals surface area contributed by atoms with E-state index in [2.05, 4.69) is 20.4 Å². The zero-order chi connectivity index (χ0) is 21.6. The van der Waals surface area contributed by atoms with E-state index in [9.17, 15) is 27.5 Å². The normalized spacial score (nSPS) is 12.3. The van der Waals surface area contributed by atoms with Gasteiger partial charge in [-0.15, -0.1) is 13.2 Å². The second-order valence-corrected chi connectivity index (χ2v) is 6.26. The predicted molar refractivity (Wildman–Crippen MR) is 95.9 cm³/mol. The number of ether oxygens (including phenoxy) is 1. The smallest absolute Gasteiger partial charge is 0.465 e. The highest BCUT2D eigenvalue weighted by atomic mass is 19.4. The summed E-state index contributed by atoms with van der Waals surface area (Å²) in [6, 6.07) is 6.01. The van der Waals surface area contributed by atoms with Gasteiger partial charge in [-0.1, -0.05) is 6.92 Å². The average molecular weight is 417 g/mol. The number of alkyl halides is 3. The van der Waals surface area contributed by atoms with Crippen molar-refractivity contribution in [3.05, 3.63) is 41.8 Å². The van der Waals surface area contributed by atoms with Gasteiger partial charge in [0, 0.05) is 24.3 Å². The van der Waals surface area contributed by atoms with Crippen LogP contribution in [0, 0.1) is 11.7 Å². The molecular weight excluding hydrogens is 398 g/mol. The summed E-state index contributed by atoms with van der Waals surface area (Å²) in [5.41, 5.74) is 1.21. The number of aliphatic hydroxyl groups is 1. The Labute approximate surface area is 163 Å². The molecule has 0 saturated carbocycles. The third-order valence-corrected chi connectivity index (χ3v) is 3.75. The van der Waals surface area contributed by atoms with Crippen molar-refractivity contribution in [2.24, 2.45) is 5.92 Å². The second-order valence-electron chi connectivity index (χ2n) is 6.26. The van der Waals surface area contributed by atoms with Gasteiger partial charge in [-0.2, -0.15) is 0 Å². The fourth-order valence-corrected chi connectivity index (χ4v) is 2.41. The Kier molecular flexibility index (Phi) is 7.21. The number of hydrogen-bond donors (Lipinski definition) is 4. The number of anilines is 1. The fourth-order valence-electron chi connectivity index (χ4n) is 2.41. The van der Waals surface area contributed by atoms with E-state index >= 15 is 0 Å². The van der Waals surface area contributed by atoms with Crippen LogP contribution in [-0.2, 0) is 6.61 Å². The van der Waals surface area contributed by atoms with Gasteiger partial charge >= 0.3 is 12.5 Å². The van der Waals surface area contributed by atoms with E-state index in [0.29, 0.717) is 12.2 Å². The summed E-state index contributed by atoms with van der Waals surface area (Å²) in [7, 11) is 0. The summed E-state index contributed by atoms with van der Waals surface area (Å²) >= 11 is 0. The molecule has 0 aliphatic rings. The van der Waals surface area contributed by atoms with E-state index in [0.717, 1.165) is 12.1 Å². The molecule has 0 fully saturated rings. The van der Waals surface area contributed by atoms with Gasteiger partial charge < -0.3 is 25.6 Å². The molecule has 11 heteroatoms. The van der Waals surface area contributed by atoms with Crippen molar-refractivity contribution in [3.63, 3.8) is 0 Å². The Hall–Kier alpha value is -3.08. The fraction of sp³-hybridized carbons (Fsp3) is 0.333. The van der Waals surface area contributed by atoms with Gasteiger partial charge in [-0.05, 0) is 36.2 Å². The van der Waals surface area contributed by atoms with Crippen LogP contribution >= 0.6 is 0 Å². The first-order valence-electron chi connectivity index (χ1n) is 8.45. The lowest BCUT2D eigenvalue weighted by Gasteiger charge is -2.15. The van der Waals surface area contributed by atoms with Gasteiger partial charge in [-0.3, -0.25) is 4.98 Å². The number of halogens is 4. The average Bonchev–Trinajstić information content (AvgIpc) is 2.65. The molecule has 4 N–H and O–H groups in total. The molecule has 1 amide bonds. The van der Waals surface area contributed by atoms with Crippen molar-refractivity contribution in [2.45, 2.75) is 19.9 Å². The molecule has 0 radical (unpaired) electrons. The maximum absolute atomic E-state index is 14.0. The van der Waals surface area contributed by atoms with E-state index in [1.807, 2.05) is 6.92 Å². The maximum atomic E-state index is 14.0. The Bertz CT molecular complexity index is 861. The summed E-state index contributed by atoms with van der Waals surface area (Å²) in [4.78, 5) is 14.7. The molecule has 2 aromatic rings. The molecule has 158 valence electrons. The summed E-state index contributed by atoms with van der Waals surface area (Å²) in [6.45, 7) is 2.02. The molecule has 29 heavy (non-hydrogen) atoms. The van der Waals surface area contributed by atoms with Gasteiger partial charge in [-0.25, -0.2) is 9.18 Å². The zero-order valence-corrected chi connectivity index (χ0v) is 15.3. The molecule has 0 saturated heterocycles. The molecule has 1 aromatic heterocycles. The quantitative estimate of drug-likeness (QED) is 0.490. The molecule has 1 atom stereocenters. The topological polar surface area (TPSA) is 104 Å². The second kappa shape index (κ2) is 9.41. The first-order valence-corrected chi connectivity index (χ1v) is 8.45. The van der Waals surface area contributed by atoms with E-state index < -0.39 is 30.6 Å². The number of rotatable bonds is 8. The van der Waals surface area contributed by atoms with Gasteiger partial charge in [0.2, 0.25) is 0 Å². The molecule has 1 heterocycles. The number of nitrogens with one attached hydrogen (secondary N) is 2. The van der Waals surface area contributed by atoms with Crippen LogP contribution in [-0.4, -0.2) is 40.7 Å². The van der Waals surface area contributed by atoms with Crippen LogP contribution < -0.4 is 15.4 Å². The minimum atomic E-state index is -5.01. The van der Waals surface area contributed by atoms with Crippen LogP contribution in [0.25, 0.3) is 11.3 Å². The first-order chi connectivity index (χ1) is 13.6. The van der Waals surface area contributed by atoms with Crippen LogP contribution in [0.4, 0.5) is 28.0 Å². The van der Waals surface area contributed by atoms with E-state index in [-0.39, 0.29) is 29.4 Å². The molecule has 7 nitrogen and oxygen atoms in total. The van der Waals surface area contributed by atoms with Crippen LogP contribution in [0.15, 0.2) is 30.3 Å². The number of benzene rings is 1. The summed E-state index contributed by atoms with van der Waals surface area (Å²) in [6.07, 6.45) is -6.15. The van der Waals surface area contributed by atoms with Crippen LogP contribution in [0.5, 0.6) is 5.75 Å². The van der Waals surface area contributed by atoms with Crippen molar-refractivity contribution in [3.8, 4) is 17.0 Å². The number of aromatic nitrogens is 1. The third-order valence-electron chi connectivity index (χ3n) is 3.75. The molecule has 0 bridgehead atoms. The highest BCUT2D eigenvalue weighted by molar-refractivity contribution is 5.66. The molecule has 0 aliphatic carbocycles. The van der Waals surface area contributed by atoms with Gasteiger partial charge in [0.25, 0.3) is 0 Å². The summed E-state index contributed by atoms with van der Waals surface area (Å²) in [5.74, 6) is -2.23. The Morgan fingerprint density at radius 1 is 1.24 bits per heavy atom. The minimum absolute atomic E-state index is 0.0588. The summed E-state index contributed by atoms with van der Waals surface area (Å²) in [5, 5.41) is 23.3. The van der Waals surface area contributed by atoms with Crippen LogP contribution in [0.1, 0.15) is 12.6 Å². The van der Waals surface area contributed by atoms with Gasteiger partial charge in [0.05, 0.1) is 18.0 Å². The number of hydrogen-bond acceptors (Lipinski definition) is 5. The van der Waals surface area contributed by atoms with E-state index in [1.54, 1.807) is 6.07 Å². The van der Waals surface area contributed by atoms with Crippen molar-refractivity contribution < 1.29 is 37.3 Å². The number of carbonyl (C=O) groups is 1. The van der Waals surface area contributed by atoms with Crippen molar-refractivity contribution >= 4 is 11.8 Å². The Morgan fingerprint density at radius 3 is 2.55 bits per heavy atom. The Balaban J connectivity index is 2.19. The largest absolute Gasteiger partial charge is 0.573 e. The van der Waals surface area contributed by atoms with Gasteiger partial charge in [0.1, 0.15) is 0 Å². The number of amides is 1. The highest BCUT2D eigenvalue weighted by Crippen LogP contribution is 2.30. The van der Waals surface area contributed by atoms with Crippen molar-refractivity contribution in [2.75, 3.05) is 18.4 Å². The lowest BCUT2D eigenvalue weighted by atomic mass is 10.1. The molecular formula is C18H19F4N3O4. The highest BCUT2D eigenvalue weighted by Gasteiger charge is 2.32. The zero-order valence-electron chi connectivity index (χ0n) is 15.3. The lowest BCUT2D eigenvalue weighted by molar-refractivity contribution is -0.275. The molecule has 2 rings (SSSR count). The standard InChI is InChI=1S/C18H19F4N3O4/c1-10(8-24-17(27)28)7-23-12-5-13(9-26)25-15(6-12)11-2-3-16(14(19)4-11)29-18(20,21)22/h2-6,10,24,26H,7-9H2,1H3,(H,23,25)(H,27,28). The lowest BCUT2D eigenvalue weighted by Crippen LogP contribution is -2.29. The third kappa shape index (κ3) is 7.11. The van der Waals surface area contributed by atoms with E-state index in [1.165, 1.54) is 12.1 Å². The number of pyridine rings is 1. The predicted octanol–water partition coefficient (Wildman–Crippen LogP) is 3.59. The summed E-state index contributed by atoms with van der Waals surface area (Å²) < 4.78 is 54.4. The van der Waals surface area contributed by atoms with E-state index in [4.69, 9.17) is 5.11 Å². The van der Waals surface area contributed by atoms with Gasteiger partial charge in [0.15, 0.2) is 11.6 Å². The number of carboxylic acid groups (broad SMARTS) is 1. The van der Waals surface area contributed by atoms with Crippen LogP contribution in [0.3, 0.4) is 0 Å². The molecule has 0 spiro atoms. The number of nitrogens with zero attached hydrogens (tertiary/aromatic N) is 1. The monoisotopic (exact) mass is 417 g/mol. The first kappa shape index (κ1) is 22.2. The SMILES string of the molecule is CC(CNC(=O)O)CNc1cc(CO)nc(-c2ccc(OC(F)(F)F)c(F)c2)c1. The van der Waals surface area contributed by atoms with Crippen LogP contribution in [0.2, 0.25) is 0 Å². The van der Waals surface area contributed by atoms with Crippen molar-refractivity contribution in [1.82, 2.24) is 10.3 Å². The Morgan fingerprint density at radius 2 is 1.97 bits per heavy atom. The van der Waals surface area contributed by atoms with Crippen molar-refractivity contribution in [1.29, 1.82) is 0 Å². The molecule has 1 aromatic carbocycles. The maximum Gasteiger partial charge on any atom is 0.573 e. The number of aliphatic hydroxyl groups excluding tert-OH is 1.